The lowest BCUT2D eigenvalue weighted by Crippen LogP contribution is -1.89. The third-order valence-electron chi connectivity index (χ3n) is 3.02. The first kappa shape index (κ1) is 15.2. The smallest absolute Gasteiger partial charge is 0.353 e. The molecule has 3 nitrogen and oxygen atoms in total. The number of pyridine rings is 1. The Hall–Kier alpha value is -0.680. The number of rotatable bonds is 2. The number of aryl methyl sites for hydroxylation is 1. The van der Waals surface area contributed by atoms with Gasteiger partial charge in [-0.1, -0.05) is 52.6 Å². The van der Waals surface area contributed by atoms with Crippen molar-refractivity contribution in [1.29, 1.82) is 0 Å². The summed E-state index contributed by atoms with van der Waals surface area (Å²) < 4.78 is 17.9. The highest BCUT2D eigenvalue weighted by Gasteiger charge is 2.16. The van der Waals surface area contributed by atoms with Gasteiger partial charge in [-0.3, -0.25) is 4.57 Å². The van der Waals surface area contributed by atoms with Crippen molar-refractivity contribution in [1.82, 2.24) is 4.98 Å². The Morgan fingerprint density at radius 3 is 2.62 bits per heavy atom. The number of hydrogen-bond acceptors (Lipinski definition) is 3. The number of hydrogen-bond donors (Lipinski definition) is 2. The molecule has 2 aromatic carbocycles. The molecule has 1 heterocycles. The van der Waals surface area contributed by atoms with Crippen LogP contribution in [0.5, 0.6) is 5.75 Å². The number of aromatic nitrogens is 1. The Morgan fingerprint density at radius 2 is 1.90 bits per heavy atom. The molecule has 0 atom stereocenters. The third kappa shape index (κ3) is 3.39. The zero-order valence-electron chi connectivity index (χ0n) is 10.9. The predicted molar refractivity (Wildman–Crippen MR) is 97.9 cm³/mol. The van der Waals surface area contributed by atoms with E-state index in [1.54, 1.807) is 6.07 Å². The van der Waals surface area contributed by atoms with Gasteiger partial charge in [0.15, 0.2) is 5.75 Å². The summed E-state index contributed by atoms with van der Waals surface area (Å²) in [5.74, 6) is -2.85. The van der Waals surface area contributed by atoms with E-state index in [1.807, 2.05) is 37.3 Å². The Bertz CT molecular complexity index is 910. The first-order chi connectivity index (χ1) is 9.82. The summed E-state index contributed by atoms with van der Waals surface area (Å²) in [7, 11) is 0. The molecule has 0 radical (unpaired) electrons. The average Bonchev–Trinajstić information content (AvgIpc) is 2.35. The van der Waals surface area contributed by atoms with E-state index in [1.165, 1.54) is 0 Å². The topological polar surface area (TPSA) is 39.2 Å². The molecule has 0 saturated heterocycles. The van der Waals surface area contributed by atoms with Gasteiger partial charge in [0.25, 0.3) is 0 Å². The van der Waals surface area contributed by atoms with Crippen molar-refractivity contribution in [2.75, 3.05) is 0 Å². The van der Waals surface area contributed by atoms with Gasteiger partial charge in [0.05, 0.1) is 5.52 Å². The highest BCUT2D eigenvalue weighted by molar-refractivity contribution is 9.10. The number of benzene rings is 2. The van der Waals surface area contributed by atoms with Crippen molar-refractivity contribution in [2.45, 2.75) is 6.92 Å². The normalized spacial score (nSPS) is 12.0. The highest BCUT2D eigenvalue weighted by atomic mass is 79.9. The van der Waals surface area contributed by atoms with Gasteiger partial charge in [0.2, 0.25) is 0 Å². The predicted octanol–water partition coefficient (Wildman–Crippen LogP) is 5.81. The summed E-state index contributed by atoms with van der Waals surface area (Å²) >= 11 is 11.2. The van der Waals surface area contributed by atoms with E-state index in [-0.39, 0.29) is 0 Å². The summed E-state index contributed by atoms with van der Waals surface area (Å²) in [6, 6.07) is 11.8. The molecule has 0 aliphatic rings. The maximum Gasteiger partial charge on any atom is 0.353 e. The molecule has 0 amide bonds. The van der Waals surface area contributed by atoms with Gasteiger partial charge < -0.3 is 4.52 Å². The minimum Gasteiger partial charge on any atom is -0.427 e. The number of nitrogens with zero attached hydrogens (tertiary/aromatic N) is 1. The van der Waals surface area contributed by atoms with E-state index in [9.17, 15) is 4.57 Å². The van der Waals surface area contributed by atoms with Crippen molar-refractivity contribution in [3.63, 3.8) is 0 Å². The largest absolute Gasteiger partial charge is 0.427 e. The van der Waals surface area contributed by atoms with Gasteiger partial charge in [-0.25, -0.2) is 4.98 Å². The van der Waals surface area contributed by atoms with Gasteiger partial charge in [-0.15, -0.1) is 0 Å². The number of thiol groups is 2. The van der Waals surface area contributed by atoms with Crippen molar-refractivity contribution in [3.05, 3.63) is 46.4 Å². The molecule has 0 spiro atoms. The standard InChI is InChI=1S/C14H11BrNO2PS2/c1-8-2-3-9-5-10-6-11(15)7-13(18-19(17,20)21)14(10)16-12(9)4-8/h2-7H,1H3,(H2,17,20,21). The molecule has 7 heteroatoms. The maximum absolute atomic E-state index is 11.7. The second-order valence-electron chi connectivity index (χ2n) is 4.74. The van der Waals surface area contributed by atoms with Gasteiger partial charge >= 0.3 is 5.77 Å². The van der Waals surface area contributed by atoms with Gasteiger partial charge in [-0.2, -0.15) is 0 Å². The molecule has 108 valence electrons. The third-order valence-corrected chi connectivity index (χ3v) is 4.40. The zero-order chi connectivity index (χ0) is 15.2. The fourth-order valence-corrected chi connectivity index (χ4v) is 3.56. The van der Waals surface area contributed by atoms with Crippen LogP contribution in [0.1, 0.15) is 5.56 Å². The second-order valence-corrected chi connectivity index (χ2v) is 10.9. The van der Waals surface area contributed by atoms with Crippen LogP contribution in [0.2, 0.25) is 0 Å². The van der Waals surface area contributed by atoms with Crippen LogP contribution in [-0.4, -0.2) is 4.98 Å². The Labute approximate surface area is 141 Å². The van der Waals surface area contributed by atoms with E-state index in [0.29, 0.717) is 11.3 Å². The minimum atomic E-state index is -3.25. The minimum absolute atomic E-state index is 0.399. The highest BCUT2D eigenvalue weighted by Crippen LogP contribution is 2.57. The van der Waals surface area contributed by atoms with Crippen LogP contribution in [0.15, 0.2) is 40.9 Å². The van der Waals surface area contributed by atoms with Crippen LogP contribution in [-0.2, 0) is 4.57 Å². The average molecular weight is 400 g/mol. The number of halogens is 1. The Balaban J connectivity index is 2.33. The monoisotopic (exact) mass is 399 g/mol. The van der Waals surface area contributed by atoms with Crippen LogP contribution in [0.25, 0.3) is 21.8 Å². The molecule has 3 rings (SSSR count). The molecule has 0 bridgehead atoms. The molecule has 21 heavy (non-hydrogen) atoms. The summed E-state index contributed by atoms with van der Waals surface area (Å²) in [4.78, 5) is 4.63. The van der Waals surface area contributed by atoms with E-state index >= 15 is 0 Å². The van der Waals surface area contributed by atoms with Crippen molar-refractivity contribution < 1.29 is 9.09 Å². The van der Waals surface area contributed by atoms with Crippen LogP contribution in [0.4, 0.5) is 0 Å². The van der Waals surface area contributed by atoms with Crippen LogP contribution < -0.4 is 4.52 Å². The SMILES string of the molecule is Cc1ccc2cc3cc(Br)cc(OP(=O)(S)S)c3nc2c1. The Morgan fingerprint density at radius 1 is 1.14 bits per heavy atom. The Kier molecular flexibility index (Phi) is 3.99. The maximum atomic E-state index is 11.7. The lowest BCUT2D eigenvalue weighted by atomic mass is 10.1. The molecular weight excluding hydrogens is 389 g/mol. The second kappa shape index (κ2) is 5.51. The first-order valence-electron chi connectivity index (χ1n) is 6.08. The molecule has 1 aromatic heterocycles. The molecule has 0 saturated carbocycles. The van der Waals surface area contributed by atoms with Crippen molar-refractivity contribution >= 4 is 68.0 Å². The molecule has 0 aliphatic heterocycles. The zero-order valence-corrected chi connectivity index (χ0v) is 15.2. The van der Waals surface area contributed by atoms with Gasteiger partial charge in [0, 0.05) is 15.2 Å². The lowest BCUT2D eigenvalue weighted by Gasteiger charge is -2.12. The van der Waals surface area contributed by atoms with Gasteiger partial charge in [-0.05, 0) is 36.8 Å². The summed E-state index contributed by atoms with van der Waals surface area (Å²) in [5.41, 5.74) is 2.63. The molecule has 3 aromatic rings. The van der Waals surface area contributed by atoms with Crippen LogP contribution in [0, 0.1) is 6.92 Å². The van der Waals surface area contributed by atoms with E-state index < -0.39 is 5.77 Å². The molecular formula is C14H11BrNO2PS2. The first-order valence-corrected chi connectivity index (χ1v) is 10.8. The lowest BCUT2D eigenvalue weighted by molar-refractivity contribution is 0.518. The fraction of sp³-hybridized carbons (Fsp3) is 0.0714. The quantitative estimate of drug-likeness (QED) is 0.324. The van der Waals surface area contributed by atoms with Crippen LogP contribution in [0.3, 0.4) is 0 Å². The molecule has 0 N–H and O–H groups in total. The van der Waals surface area contributed by atoms with E-state index in [2.05, 4.69) is 45.4 Å². The molecule has 0 aliphatic carbocycles. The molecule has 0 fully saturated rings. The van der Waals surface area contributed by atoms with Crippen molar-refractivity contribution in [3.8, 4) is 5.75 Å². The van der Waals surface area contributed by atoms with Gasteiger partial charge in [0.1, 0.15) is 5.52 Å². The van der Waals surface area contributed by atoms with Crippen LogP contribution >= 0.6 is 46.2 Å². The summed E-state index contributed by atoms with van der Waals surface area (Å²) in [6.45, 7) is 2.01. The fourth-order valence-electron chi connectivity index (χ4n) is 2.18. The van der Waals surface area contributed by atoms with Crippen molar-refractivity contribution in [2.24, 2.45) is 0 Å². The summed E-state index contributed by atoms with van der Waals surface area (Å²) in [5, 5.41) is 1.93. The summed E-state index contributed by atoms with van der Waals surface area (Å²) in [6.07, 6.45) is 0. The number of fused-ring (bicyclic) bond motifs is 2. The van der Waals surface area contributed by atoms with E-state index in [4.69, 9.17) is 4.52 Å². The van der Waals surface area contributed by atoms with E-state index in [0.717, 1.165) is 26.3 Å². The molecule has 0 unspecified atom stereocenters.